The fourth-order valence-electron chi connectivity index (χ4n) is 3.00. The lowest BCUT2D eigenvalue weighted by molar-refractivity contribution is 0.167. The van der Waals surface area contributed by atoms with Gasteiger partial charge in [0.1, 0.15) is 0 Å². The van der Waals surface area contributed by atoms with E-state index >= 15 is 0 Å². The predicted molar refractivity (Wildman–Crippen MR) is 68.7 cm³/mol. The molecule has 0 aromatic heterocycles. The van der Waals surface area contributed by atoms with Crippen LogP contribution < -0.4 is 5.32 Å². The van der Waals surface area contributed by atoms with Gasteiger partial charge in [-0.25, -0.2) is 0 Å². The molecule has 0 aromatic carbocycles. The molecule has 16 heavy (non-hydrogen) atoms. The van der Waals surface area contributed by atoms with Crippen LogP contribution in [0.4, 0.5) is 0 Å². The Hall–Kier alpha value is -0.120. The second-order valence-electron chi connectivity index (χ2n) is 5.58. The fourth-order valence-corrected chi connectivity index (χ4v) is 3.00. The van der Waals surface area contributed by atoms with Gasteiger partial charge in [0.25, 0.3) is 0 Å². The molecular weight excluding hydrogens is 198 g/mol. The van der Waals surface area contributed by atoms with Crippen LogP contribution in [0.5, 0.6) is 0 Å². The highest BCUT2D eigenvalue weighted by Crippen LogP contribution is 2.35. The van der Waals surface area contributed by atoms with Crippen molar-refractivity contribution < 1.29 is 0 Å². The van der Waals surface area contributed by atoms with Gasteiger partial charge in [-0.2, -0.15) is 0 Å². The predicted octanol–water partition coefficient (Wildman–Crippen LogP) is 1.01. The second kappa shape index (κ2) is 5.48. The van der Waals surface area contributed by atoms with E-state index in [1.165, 1.54) is 38.9 Å². The maximum Gasteiger partial charge on any atom is 0.0376 e. The smallest absolute Gasteiger partial charge is 0.0376 e. The van der Waals surface area contributed by atoms with Gasteiger partial charge >= 0.3 is 0 Å². The first kappa shape index (κ1) is 12.3. The van der Waals surface area contributed by atoms with Crippen LogP contribution in [-0.4, -0.2) is 62.2 Å². The molecule has 2 atom stereocenters. The molecule has 2 fully saturated rings. The van der Waals surface area contributed by atoms with E-state index in [4.69, 9.17) is 0 Å². The zero-order valence-corrected chi connectivity index (χ0v) is 11.1. The summed E-state index contributed by atoms with van der Waals surface area (Å²) in [5, 5.41) is 3.72. The van der Waals surface area contributed by atoms with Crippen LogP contribution >= 0.6 is 0 Å². The highest BCUT2D eigenvalue weighted by Gasteiger charge is 2.38. The topological polar surface area (TPSA) is 18.5 Å². The van der Waals surface area contributed by atoms with E-state index in [1.54, 1.807) is 0 Å². The van der Waals surface area contributed by atoms with Gasteiger partial charge in [-0.05, 0) is 58.9 Å². The summed E-state index contributed by atoms with van der Waals surface area (Å²) in [5.41, 5.74) is 0. The summed E-state index contributed by atoms with van der Waals surface area (Å²) in [6, 6.07) is 1.43. The van der Waals surface area contributed by atoms with Crippen molar-refractivity contribution in [3.63, 3.8) is 0 Å². The van der Waals surface area contributed by atoms with Gasteiger partial charge in [0.05, 0.1) is 0 Å². The van der Waals surface area contributed by atoms with Crippen molar-refractivity contribution in [3.05, 3.63) is 0 Å². The highest BCUT2D eigenvalue weighted by molar-refractivity contribution is 4.96. The number of nitrogens with zero attached hydrogens (tertiary/aromatic N) is 2. The Bertz CT molecular complexity index is 215. The molecule has 1 saturated heterocycles. The summed E-state index contributed by atoms with van der Waals surface area (Å²) in [5.74, 6) is 0.943. The lowest BCUT2D eigenvalue weighted by atomic mass is 10.0. The van der Waals surface area contributed by atoms with Crippen molar-refractivity contribution in [2.75, 3.05) is 40.3 Å². The number of likely N-dealkylation sites (N-methyl/N-ethyl adjacent to an activating group) is 3. The Morgan fingerprint density at radius 2 is 2.00 bits per heavy atom. The summed E-state index contributed by atoms with van der Waals surface area (Å²) in [6.45, 7) is 7.07. The summed E-state index contributed by atoms with van der Waals surface area (Å²) in [4.78, 5) is 5.08. The molecule has 1 aliphatic heterocycles. The lowest BCUT2D eigenvalue weighted by Crippen LogP contribution is -2.53. The van der Waals surface area contributed by atoms with Gasteiger partial charge in [-0.15, -0.1) is 0 Å². The van der Waals surface area contributed by atoms with E-state index < -0.39 is 0 Å². The van der Waals surface area contributed by atoms with Crippen molar-refractivity contribution >= 4 is 0 Å². The van der Waals surface area contributed by atoms with E-state index in [2.05, 4.69) is 36.1 Å². The first-order valence-electron chi connectivity index (χ1n) is 6.84. The van der Waals surface area contributed by atoms with Crippen molar-refractivity contribution in [1.82, 2.24) is 15.1 Å². The monoisotopic (exact) mass is 225 g/mol. The van der Waals surface area contributed by atoms with Crippen LogP contribution in [0.2, 0.25) is 0 Å². The molecule has 0 radical (unpaired) electrons. The summed E-state index contributed by atoms with van der Waals surface area (Å²) in [6.07, 6.45) is 4.18. The quantitative estimate of drug-likeness (QED) is 0.770. The lowest BCUT2D eigenvalue weighted by Gasteiger charge is -2.35. The van der Waals surface area contributed by atoms with E-state index in [0.29, 0.717) is 6.04 Å². The molecule has 2 unspecified atom stereocenters. The standard InChI is InChI=1S/C13H27N3/c1-4-14-13(11-6-7-11)12-10-15(2)8-5-9-16(12)3/h11-14H,4-10H2,1-3H3. The molecule has 1 N–H and O–H groups in total. The molecule has 1 saturated carbocycles. The average Bonchev–Trinajstić information content (AvgIpc) is 3.06. The molecule has 2 rings (SSSR count). The van der Waals surface area contributed by atoms with Crippen LogP contribution in [0.25, 0.3) is 0 Å². The minimum atomic E-state index is 0.708. The largest absolute Gasteiger partial charge is 0.312 e. The van der Waals surface area contributed by atoms with Crippen LogP contribution in [0.1, 0.15) is 26.2 Å². The van der Waals surface area contributed by atoms with Crippen LogP contribution in [0.3, 0.4) is 0 Å². The van der Waals surface area contributed by atoms with Crippen LogP contribution in [-0.2, 0) is 0 Å². The molecule has 0 spiro atoms. The number of hydrogen-bond acceptors (Lipinski definition) is 3. The molecule has 94 valence electrons. The molecule has 1 heterocycles. The molecule has 0 aromatic rings. The Kier molecular flexibility index (Phi) is 4.22. The average molecular weight is 225 g/mol. The Morgan fingerprint density at radius 1 is 1.25 bits per heavy atom. The highest BCUT2D eigenvalue weighted by atomic mass is 15.2. The van der Waals surface area contributed by atoms with Gasteiger partial charge < -0.3 is 15.1 Å². The van der Waals surface area contributed by atoms with E-state index in [-0.39, 0.29) is 0 Å². The Balaban J connectivity index is 2.01. The minimum absolute atomic E-state index is 0.708. The summed E-state index contributed by atoms with van der Waals surface area (Å²) >= 11 is 0. The fraction of sp³-hybridized carbons (Fsp3) is 1.00. The van der Waals surface area contributed by atoms with E-state index in [0.717, 1.165) is 18.5 Å². The third kappa shape index (κ3) is 2.96. The van der Waals surface area contributed by atoms with Gasteiger partial charge in [-0.1, -0.05) is 6.92 Å². The molecular formula is C13H27N3. The van der Waals surface area contributed by atoms with Gasteiger partial charge in [0.15, 0.2) is 0 Å². The van der Waals surface area contributed by atoms with E-state index in [1.807, 2.05) is 0 Å². The maximum absolute atomic E-state index is 3.72. The Labute approximate surface area is 100 Å². The van der Waals surface area contributed by atoms with E-state index in [9.17, 15) is 0 Å². The summed E-state index contributed by atoms with van der Waals surface area (Å²) < 4.78 is 0. The third-order valence-corrected chi connectivity index (χ3v) is 4.10. The third-order valence-electron chi connectivity index (χ3n) is 4.10. The normalized spacial score (nSPS) is 31.3. The first-order valence-corrected chi connectivity index (χ1v) is 6.84. The zero-order chi connectivity index (χ0) is 11.5. The van der Waals surface area contributed by atoms with Gasteiger partial charge in [0.2, 0.25) is 0 Å². The van der Waals surface area contributed by atoms with Crippen LogP contribution in [0, 0.1) is 5.92 Å². The minimum Gasteiger partial charge on any atom is -0.312 e. The molecule has 3 heteroatoms. The SMILES string of the molecule is CCNC(C1CC1)C1CN(C)CCCN1C. The molecule has 2 aliphatic rings. The molecule has 3 nitrogen and oxygen atoms in total. The molecule has 0 amide bonds. The Morgan fingerprint density at radius 3 is 2.62 bits per heavy atom. The molecule has 1 aliphatic carbocycles. The van der Waals surface area contributed by atoms with Gasteiger partial charge in [0, 0.05) is 18.6 Å². The van der Waals surface area contributed by atoms with Crippen molar-refractivity contribution in [2.45, 2.75) is 38.3 Å². The molecule has 0 bridgehead atoms. The number of rotatable bonds is 4. The number of nitrogens with one attached hydrogen (secondary N) is 1. The van der Waals surface area contributed by atoms with Gasteiger partial charge in [-0.3, -0.25) is 0 Å². The van der Waals surface area contributed by atoms with Crippen molar-refractivity contribution in [3.8, 4) is 0 Å². The maximum atomic E-state index is 3.72. The second-order valence-corrected chi connectivity index (χ2v) is 5.58. The first-order chi connectivity index (χ1) is 7.72. The zero-order valence-electron chi connectivity index (χ0n) is 11.1. The van der Waals surface area contributed by atoms with Crippen molar-refractivity contribution in [1.29, 1.82) is 0 Å². The van der Waals surface area contributed by atoms with Crippen LogP contribution in [0.15, 0.2) is 0 Å². The van der Waals surface area contributed by atoms with Crippen molar-refractivity contribution in [2.24, 2.45) is 5.92 Å². The summed E-state index contributed by atoms with van der Waals surface area (Å²) in [7, 11) is 4.57. The number of hydrogen-bond donors (Lipinski definition) is 1.